The van der Waals surface area contributed by atoms with E-state index in [9.17, 15) is 8.42 Å². The minimum atomic E-state index is -3.56. The Kier molecular flexibility index (Phi) is 4.12. The molecule has 0 fully saturated rings. The maximum atomic E-state index is 12.7. The molecule has 1 heterocycles. The average molecular weight is 369 g/mol. The third kappa shape index (κ3) is 2.96. The first-order valence-corrected chi connectivity index (χ1v) is 9.32. The van der Waals surface area contributed by atoms with Gasteiger partial charge in [-0.1, -0.05) is 35.3 Å². The molecule has 0 aliphatic heterocycles. The number of hydrogen-bond donors (Lipinski definition) is 1. The number of rotatable bonds is 3. The topological polar surface area (TPSA) is 62.8 Å². The van der Waals surface area contributed by atoms with E-state index in [2.05, 4.69) is 9.97 Å². The lowest BCUT2D eigenvalue weighted by molar-refractivity contribution is 0.594. The van der Waals surface area contributed by atoms with E-state index in [-0.39, 0.29) is 10.6 Å². The molecule has 0 unspecified atom stereocenters. The van der Waals surface area contributed by atoms with E-state index in [0.29, 0.717) is 26.7 Å². The Labute approximate surface area is 144 Å². The van der Waals surface area contributed by atoms with Crippen LogP contribution in [0, 0.1) is 13.8 Å². The summed E-state index contributed by atoms with van der Waals surface area (Å²) in [5, 5.41) is 0.783. The number of aryl methyl sites for hydroxylation is 1. The molecule has 0 amide bonds. The molecule has 0 spiro atoms. The molecular weight excluding hydrogens is 355 g/mol. The van der Waals surface area contributed by atoms with Crippen LogP contribution < -0.4 is 0 Å². The number of nitrogens with zero attached hydrogens (tertiary/aromatic N) is 1. The van der Waals surface area contributed by atoms with Crippen LogP contribution in [0.5, 0.6) is 0 Å². The van der Waals surface area contributed by atoms with Crippen LogP contribution in [0.1, 0.15) is 17.0 Å². The van der Waals surface area contributed by atoms with Crippen molar-refractivity contribution in [2.75, 3.05) is 0 Å². The summed E-state index contributed by atoms with van der Waals surface area (Å²) in [6.45, 7) is 3.51. The van der Waals surface area contributed by atoms with Crippen LogP contribution in [0.2, 0.25) is 10.0 Å². The molecule has 0 radical (unpaired) electrons. The molecule has 1 N–H and O–H groups in total. The minimum Gasteiger partial charge on any atom is -0.342 e. The zero-order valence-corrected chi connectivity index (χ0v) is 14.9. The normalized spacial score (nSPS) is 12.0. The van der Waals surface area contributed by atoms with Crippen LogP contribution >= 0.6 is 23.2 Å². The Morgan fingerprint density at radius 1 is 1.13 bits per heavy atom. The first-order valence-electron chi connectivity index (χ1n) is 6.91. The lowest BCUT2D eigenvalue weighted by atomic mass is 10.2. The molecule has 7 heteroatoms. The number of fused-ring (bicyclic) bond motifs is 1. The first kappa shape index (κ1) is 16.3. The molecule has 2 aromatic carbocycles. The highest BCUT2D eigenvalue weighted by Crippen LogP contribution is 2.30. The number of benzene rings is 2. The highest BCUT2D eigenvalue weighted by molar-refractivity contribution is 7.90. The third-order valence-electron chi connectivity index (χ3n) is 3.69. The lowest BCUT2D eigenvalue weighted by Crippen LogP contribution is -2.07. The highest BCUT2D eigenvalue weighted by atomic mass is 35.5. The van der Waals surface area contributed by atoms with Crippen molar-refractivity contribution in [2.45, 2.75) is 24.5 Å². The fraction of sp³-hybridized carbons (Fsp3) is 0.188. The van der Waals surface area contributed by atoms with Gasteiger partial charge in [-0.05, 0) is 43.2 Å². The smallest absolute Gasteiger partial charge is 0.182 e. The number of hydrogen-bond acceptors (Lipinski definition) is 3. The van der Waals surface area contributed by atoms with E-state index < -0.39 is 9.84 Å². The van der Waals surface area contributed by atoms with E-state index >= 15 is 0 Å². The van der Waals surface area contributed by atoms with Gasteiger partial charge in [-0.2, -0.15) is 0 Å². The van der Waals surface area contributed by atoms with Crippen LogP contribution in [0.4, 0.5) is 0 Å². The van der Waals surface area contributed by atoms with Crippen molar-refractivity contribution in [2.24, 2.45) is 0 Å². The average Bonchev–Trinajstić information content (AvgIpc) is 2.86. The summed E-state index contributed by atoms with van der Waals surface area (Å²) in [5.41, 5.74) is 2.43. The van der Waals surface area contributed by atoms with Gasteiger partial charge in [0.05, 0.1) is 21.2 Å². The maximum Gasteiger partial charge on any atom is 0.182 e. The molecule has 0 bridgehead atoms. The Balaban J connectivity index is 2.07. The SMILES string of the molecule is Cc1nc2c(Cl)c(CS(=O)(=O)c3cccc(Cl)c3C)ccc2[nH]1. The predicted molar refractivity (Wildman–Crippen MR) is 92.9 cm³/mol. The monoisotopic (exact) mass is 368 g/mol. The number of halogens is 2. The number of aromatic amines is 1. The second kappa shape index (κ2) is 5.82. The van der Waals surface area contributed by atoms with Gasteiger partial charge in [0.1, 0.15) is 11.3 Å². The van der Waals surface area contributed by atoms with E-state index in [1.54, 1.807) is 37.3 Å². The fourth-order valence-electron chi connectivity index (χ4n) is 2.53. The van der Waals surface area contributed by atoms with Crippen LogP contribution in [0.25, 0.3) is 11.0 Å². The van der Waals surface area contributed by atoms with E-state index in [4.69, 9.17) is 23.2 Å². The van der Waals surface area contributed by atoms with Gasteiger partial charge in [0.2, 0.25) is 0 Å². The molecule has 23 heavy (non-hydrogen) atoms. The van der Waals surface area contributed by atoms with Crippen LogP contribution in [0.15, 0.2) is 35.2 Å². The van der Waals surface area contributed by atoms with E-state index in [1.807, 2.05) is 6.92 Å². The Morgan fingerprint density at radius 2 is 1.87 bits per heavy atom. The minimum absolute atomic E-state index is 0.200. The van der Waals surface area contributed by atoms with Gasteiger partial charge in [0, 0.05) is 5.02 Å². The Bertz CT molecular complexity index is 1010. The van der Waals surface area contributed by atoms with Gasteiger partial charge < -0.3 is 4.98 Å². The van der Waals surface area contributed by atoms with E-state index in [1.165, 1.54) is 0 Å². The summed E-state index contributed by atoms with van der Waals surface area (Å²) >= 11 is 12.4. The van der Waals surface area contributed by atoms with E-state index in [0.717, 1.165) is 11.3 Å². The van der Waals surface area contributed by atoms with Crippen molar-refractivity contribution < 1.29 is 8.42 Å². The second-order valence-corrected chi connectivity index (χ2v) is 8.12. The second-order valence-electron chi connectivity index (χ2n) is 5.38. The molecule has 4 nitrogen and oxygen atoms in total. The molecule has 3 aromatic rings. The van der Waals surface area contributed by atoms with Crippen LogP contribution in [-0.4, -0.2) is 18.4 Å². The summed E-state index contributed by atoms with van der Waals surface area (Å²) < 4.78 is 25.4. The van der Waals surface area contributed by atoms with Crippen LogP contribution in [0.3, 0.4) is 0 Å². The van der Waals surface area contributed by atoms with Crippen molar-refractivity contribution in [3.05, 3.63) is 57.3 Å². The number of H-pyrrole nitrogens is 1. The van der Waals surface area contributed by atoms with Crippen molar-refractivity contribution in [3.8, 4) is 0 Å². The van der Waals surface area contributed by atoms with Crippen molar-refractivity contribution in [3.63, 3.8) is 0 Å². The van der Waals surface area contributed by atoms with Crippen molar-refractivity contribution >= 4 is 44.1 Å². The summed E-state index contributed by atoms with van der Waals surface area (Å²) in [4.78, 5) is 7.60. The molecule has 120 valence electrons. The molecular formula is C16H14Cl2N2O2S. The summed E-state index contributed by atoms with van der Waals surface area (Å²) in [6.07, 6.45) is 0. The first-order chi connectivity index (χ1) is 10.8. The molecule has 1 aromatic heterocycles. The lowest BCUT2D eigenvalue weighted by Gasteiger charge is -2.10. The van der Waals surface area contributed by atoms with Gasteiger partial charge in [0.15, 0.2) is 9.84 Å². The summed E-state index contributed by atoms with van der Waals surface area (Å²) in [6, 6.07) is 8.35. The quantitative estimate of drug-likeness (QED) is 0.741. The van der Waals surface area contributed by atoms with Gasteiger partial charge in [-0.15, -0.1) is 0 Å². The molecule has 0 saturated carbocycles. The summed E-state index contributed by atoms with van der Waals surface area (Å²) in [7, 11) is -3.56. The molecule has 0 saturated heterocycles. The van der Waals surface area contributed by atoms with Gasteiger partial charge in [-0.25, -0.2) is 13.4 Å². The number of sulfone groups is 1. The Morgan fingerprint density at radius 3 is 2.61 bits per heavy atom. The maximum absolute atomic E-state index is 12.7. The molecule has 0 atom stereocenters. The van der Waals surface area contributed by atoms with Gasteiger partial charge in [-0.3, -0.25) is 0 Å². The van der Waals surface area contributed by atoms with Gasteiger partial charge >= 0.3 is 0 Å². The van der Waals surface area contributed by atoms with Crippen molar-refractivity contribution in [1.82, 2.24) is 9.97 Å². The standard InChI is InChI=1S/C16H14Cl2N2O2S/c1-9-12(17)4-3-5-14(9)23(21,22)8-11-6-7-13-16(15(11)18)20-10(2)19-13/h3-7H,8H2,1-2H3,(H,19,20). The van der Waals surface area contributed by atoms with Crippen molar-refractivity contribution in [1.29, 1.82) is 0 Å². The van der Waals surface area contributed by atoms with Crippen LogP contribution in [-0.2, 0) is 15.6 Å². The third-order valence-corrected chi connectivity index (χ3v) is 6.32. The summed E-state index contributed by atoms with van der Waals surface area (Å²) in [5.74, 6) is 0.530. The largest absolute Gasteiger partial charge is 0.342 e. The fourth-order valence-corrected chi connectivity index (χ4v) is 4.78. The molecule has 0 aliphatic carbocycles. The Hall–Kier alpha value is -1.56. The predicted octanol–water partition coefficient (Wildman–Crippen LogP) is 4.46. The number of nitrogens with one attached hydrogen (secondary N) is 1. The number of aromatic nitrogens is 2. The van der Waals surface area contributed by atoms with Gasteiger partial charge in [0.25, 0.3) is 0 Å². The number of imidazole rings is 1. The highest BCUT2D eigenvalue weighted by Gasteiger charge is 2.21. The zero-order valence-electron chi connectivity index (χ0n) is 12.5. The molecule has 0 aliphatic rings. The molecule has 3 rings (SSSR count). The zero-order chi connectivity index (χ0) is 16.8.